The number of hydrazine groups is 1. The number of rotatable bonds is 5. The quantitative estimate of drug-likeness (QED) is 0.523. The lowest BCUT2D eigenvalue weighted by Gasteiger charge is -2.30. The van der Waals surface area contributed by atoms with E-state index in [1.165, 1.54) is 23.5 Å². The Morgan fingerprint density at radius 1 is 1.03 bits per heavy atom. The molecule has 6 nitrogen and oxygen atoms in total. The van der Waals surface area contributed by atoms with Crippen LogP contribution in [-0.4, -0.2) is 40.1 Å². The fourth-order valence-corrected chi connectivity index (χ4v) is 6.04. The highest BCUT2D eigenvalue weighted by Gasteiger charge is 2.62. The van der Waals surface area contributed by atoms with Crippen LogP contribution >= 0.6 is 22.9 Å². The Kier molecular flexibility index (Phi) is 4.75. The number of halogens is 1. The van der Waals surface area contributed by atoms with E-state index in [0.717, 1.165) is 29.3 Å². The third-order valence-electron chi connectivity index (χ3n) is 6.56. The van der Waals surface area contributed by atoms with E-state index in [0.29, 0.717) is 9.90 Å². The standard InChI is InChI=1S/C22H19ClN2O4S/c23-15-7-5-12(6-8-15)20(27)24(11-16(26)17-2-1-9-30-17)25-21(28)18-13-3-4-14(10-13)19(18)22(25)29/h1-2,5-9,13-14,18-19H,3-4,10-11H2/t13-,14-,18-,19-/m0/s1. The summed E-state index contributed by atoms with van der Waals surface area (Å²) in [6.45, 7) is -0.367. The molecule has 0 N–H and O–H groups in total. The van der Waals surface area contributed by atoms with Crippen LogP contribution in [-0.2, 0) is 9.59 Å². The van der Waals surface area contributed by atoms with Crippen LogP contribution in [0, 0.1) is 23.7 Å². The van der Waals surface area contributed by atoms with Crippen LogP contribution in [0.4, 0.5) is 0 Å². The minimum Gasteiger partial charge on any atom is -0.291 e. The molecule has 0 radical (unpaired) electrons. The Bertz CT molecular complexity index is 1010. The molecule has 154 valence electrons. The summed E-state index contributed by atoms with van der Waals surface area (Å²) in [7, 11) is 0. The molecule has 1 aromatic carbocycles. The minimum absolute atomic E-state index is 0.196. The predicted octanol–water partition coefficient (Wildman–Crippen LogP) is 3.67. The van der Waals surface area contributed by atoms with Gasteiger partial charge in [0.25, 0.3) is 17.7 Å². The highest BCUT2D eigenvalue weighted by atomic mass is 35.5. The minimum atomic E-state index is -0.564. The monoisotopic (exact) mass is 442 g/mol. The second-order valence-corrected chi connectivity index (χ2v) is 9.53. The molecule has 5 rings (SSSR count). The lowest BCUT2D eigenvalue weighted by atomic mass is 9.81. The Hall–Kier alpha value is -2.51. The molecule has 3 fully saturated rings. The zero-order chi connectivity index (χ0) is 21.0. The van der Waals surface area contributed by atoms with E-state index in [1.807, 2.05) is 0 Å². The summed E-state index contributed by atoms with van der Waals surface area (Å²) >= 11 is 7.19. The highest BCUT2D eigenvalue weighted by molar-refractivity contribution is 7.12. The summed E-state index contributed by atoms with van der Waals surface area (Å²) in [6.07, 6.45) is 2.79. The lowest BCUT2D eigenvalue weighted by molar-refractivity contribution is -0.154. The number of carbonyl (C=O) groups is 4. The Morgan fingerprint density at radius 3 is 2.23 bits per heavy atom. The van der Waals surface area contributed by atoms with Crippen molar-refractivity contribution >= 4 is 46.4 Å². The van der Waals surface area contributed by atoms with E-state index in [1.54, 1.807) is 29.6 Å². The molecule has 2 aliphatic carbocycles. The zero-order valence-electron chi connectivity index (χ0n) is 16.0. The van der Waals surface area contributed by atoms with Crippen molar-refractivity contribution in [2.24, 2.45) is 23.7 Å². The number of hydrogen-bond acceptors (Lipinski definition) is 5. The number of imide groups is 1. The van der Waals surface area contributed by atoms with Gasteiger partial charge in [-0.05, 0) is 66.8 Å². The number of hydrogen-bond donors (Lipinski definition) is 0. The van der Waals surface area contributed by atoms with Crippen LogP contribution in [0.3, 0.4) is 0 Å². The molecule has 2 bridgehead atoms. The van der Waals surface area contributed by atoms with Crippen LogP contribution in [0.5, 0.6) is 0 Å². The topological polar surface area (TPSA) is 74.8 Å². The van der Waals surface area contributed by atoms with Gasteiger partial charge in [-0.1, -0.05) is 17.7 Å². The Balaban J connectivity index is 1.50. The van der Waals surface area contributed by atoms with E-state index in [2.05, 4.69) is 0 Å². The van der Waals surface area contributed by atoms with Crippen molar-refractivity contribution in [1.29, 1.82) is 0 Å². The maximum absolute atomic E-state index is 13.3. The first kappa shape index (κ1) is 19.5. The maximum atomic E-state index is 13.3. The molecule has 2 aromatic rings. The number of benzene rings is 1. The van der Waals surface area contributed by atoms with E-state index in [9.17, 15) is 19.2 Å². The van der Waals surface area contributed by atoms with Gasteiger partial charge in [0.2, 0.25) is 0 Å². The number of Topliss-reactive ketones (excluding diaryl/α,β-unsaturated/α-hetero) is 1. The van der Waals surface area contributed by atoms with Crippen LogP contribution < -0.4 is 0 Å². The van der Waals surface area contributed by atoms with Gasteiger partial charge in [-0.2, -0.15) is 5.01 Å². The van der Waals surface area contributed by atoms with Gasteiger partial charge in [0.1, 0.15) is 6.54 Å². The van der Waals surface area contributed by atoms with Gasteiger partial charge in [-0.25, -0.2) is 5.01 Å². The number of carbonyl (C=O) groups excluding carboxylic acids is 4. The first-order valence-corrected chi connectivity index (χ1v) is 11.2. The largest absolute Gasteiger partial charge is 0.291 e. The third-order valence-corrected chi connectivity index (χ3v) is 7.72. The molecule has 8 heteroatoms. The van der Waals surface area contributed by atoms with Gasteiger partial charge < -0.3 is 0 Å². The third kappa shape index (κ3) is 2.99. The van der Waals surface area contributed by atoms with Crippen LogP contribution in [0.25, 0.3) is 0 Å². The fourth-order valence-electron chi connectivity index (χ4n) is 5.26. The first-order valence-electron chi connectivity index (χ1n) is 9.97. The summed E-state index contributed by atoms with van der Waals surface area (Å²) in [5.74, 6) is -1.92. The number of nitrogens with zero attached hydrogens (tertiary/aromatic N) is 2. The van der Waals surface area contributed by atoms with Crippen LogP contribution in [0.15, 0.2) is 41.8 Å². The van der Waals surface area contributed by atoms with E-state index < -0.39 is 5.91 Å². The summed E-state index contributed by atoms with van der Waals surface area (Å²) in [5.41, 5.74) is 0.263. The van der Waals surface area contributed by atoms with E-state index in [4.69, 9.17) is 11.6 Å². The van der Waals surface area contributed by atoms with Crippen molar-refractivity contribution in [1.82, 2.24) is 10.0 Å². The van der Waals surface area contributed by atoms with E-state index in [-0.39, 0.29) is 53.4 Å². The molecule has 1 saturated heterocycles. The van der Waals surface area contributed by atoms with Gasteiger partial charge in [-0.15, -0.1) is 11.3 Å². The van der Waals surface area contributed by atoms with Gasteiger partial charge in [0.05, 0.1) is 16.7 Å². The van der Waals surface area contributed by atoms with Crippen molar-refractivity contribution in [2.45, 2.75) is 19.3 Å². The Morgan fingerprint density at radius 2 is 1.67 bits per heavy atom. The van der Waals surface area contributed by atoms with Crippen LogP contribution in [0.2, 0.25) is 5.02 Å². The highest BCUT2D eigenvalue weighted by Crippen LogP contribution is 2.56. The average molecular weight is 443 g/mol. The number of fused-ring (bicyclic) bond motifs is 5. The van der Waals surface area contributed by atoms with Crippen molar-refractivity contribution < 1.29 is 19.2 Å². The smallest absolute Gasteiger partial charge is 0.273 e. The first-order chi connectivity index (χ1) is 14.5. The van der Waals surface area contributed by atoms with Crippen molar-refractivity contribution in [3.63, 3.8) is 0 Å². The normalized spacial score (nSPS) is 26.9. The second-order valence-electron chi connectivity index (χ2n) is 8.14. The molecule has 0 unspecified atom stereocenters. The molecule has 2 heterocycles. The maximum Gasteiger partial charge on any atom is 0.273 e. The number of thiophene rings is 1. The van der Waals surface area contributed by atoms with Gasteiger partial charge in [0, 0.05) is 10.6 Å². The fraction of sp³-hybridized carbons (Fsp3) is 0.364. The van der Waals surface area contributed by atoms with Crippen molar-refractivity contribution in [3.8, 4) is 0 Å². The molecule has 3 aliphatic rings. The molecule has 3 amide bonds. The second kappa shape index (κ2) is 7.32. The molecule has 0 spiro atoms. The predicted molar refractivity (Wildman–Crippen MR) is 111 cm³/mol. The number of amides is 3. The van der Waals surface area contributed by atoms with Crippen molar-refractivity contribution in [3.05, 3.63) is 57.2 Å². The van der Waals surface area contributed by atoms with Crippen LogP contribution in [0.1, 0.15) is 39.3 Å². The average Bonchev–Trinajstić information content (AvgIpc) is 3.52. The van der Waals surface area contributed by atoms with Gasteiger partial charge in [-0.3, -0.25) is 19.2 Å². The van der Waals surface area contributed by atoms with Crippen molar-refractivity contribution in [2.75, 3.05) is 6.54 Å². The number of ketones is 1. The molecular formula is C22H19ClN2O4S. The summed E-state index contributed by atoms with van der Waals surface area (Å²) in [4.78, 5) is 53.1. The summed E-state index contributed by atoms with van der Waals surface area (Å²) in [5, 5.41) is 4.23. The summed E-state index contributed by atoms with van der Waals surface area (Å²) < 4.78 is 0. The molecule has 30 heavy (non-hydrogen) atoms. The summed E-state index contributed by atoms with van der Waals surface area (Å²) in [6, 6.07) is 9.61. The lowest BCUT2D eigenvalue weighted by Crippen LogP contribution is -2.52. The molecule has 1 aromatic heterocycles. The SMILES string of the molecule is O=C(CN(C(=O)c1ccc(Cl)cc1)N1C(=O)[C@H]2[C@H]3CC[C@@H](C3)[C@@H]2C1=O)c1cccs1. The van der Waals surface area contributed by atoms with E-state index >= 15 is 0 Å². The molecule has 2 saturated carbocycles. The molecule has 1 aliphatic heterocycles. The zero-order valence-corrected chi connectivity index (χ0v) is 17.6. The van der Waals surface area contributed by atoms with Gasteiger partial charge >= 0.3 is 0 Å². The molecule has 4 atom stereocenters. The Labute approximate surface area is 182 Å². The molecular weight excluding hydrogens is 424 g/mol. The van der Waals surface area contributed by atoms with Gasteiger partial charge in [0.15, 0.2) is 5.78 Å².